The number of nitrogens with zero attached hydrogens (tertiary/aromatic N) is 2. The van der Waals surface area contributed by atoms with Crippen molar-refractivity contribution in [2.24, 2.45) is 4.99 Å². The molecule has 2 heterocycles. The van der Waals surface area contributed by atoms with E-state index in [0.29, 0.717) is 44.3 Å². The van der Waals surface area contributed by atoms with Gasteiger partial charge in [0.05, 0.1) is 35.6 Å². The van der Waals surface area contributed by atoms with Crippen molar-refractivity contribution in [3.8, 4) is 11.5 Å². The number of hydrogen-bond donors (Lipinski definition) is 0. The van der Waals surface area contributed by atoms with Gasteiger partial charge in [-0.25, -0.2) is 9.79 Å². The van der Waals surface area contributed by atoms with Crippen molar-refractivity contribution in [1.82, 2.24) is 4.57 Å². The van der Waals surface area contributed by atoms with E-state index in [1.54, 1.807) is 31.2 Å². The van der Waals surface area contributed by atoms with Gasteiger partial charge in [-0.1, -0.05) is 47.7 Å². The number of thiazole rings is 1. The maximum absolute atomic E-state index is 13.6. The third kappa shape index (κ3) is 4.81. The number of carbonyl (C=O) groups is 2. The second kappa shape index (κ2) is 10.1. The summed E-state index contributed by atoms with van der Waals surface area (Å²) in [5.74, 6) is -0.280. The van der Waals surface area contributed by atoms with Crippen LogP contribution in [0.5, 0.6) is 11.5 Å². The molecular weight excluding hydrogens is 468 g/mol. The van der Waals surface area contributed by atoms with E-state index in [9.17, 15) is 14.4 Å². The summed E-state index contributed by atoms with van der Waals surface area (Å²) < 4.78 is 17.8. The zero-order valence-corrected chi connectivity index (χ0v) is 20.5. The molecule has 0 fully saturated rings. The molecule has 0 saturated carbocycles. The number of carbonyl (C=O) groups excluding carboxylic acids is 2. The molecule has 1 atom stereocenters. The summed E-state index contributed by atoms with van der Waals surface area (Å²) in [4.78, 5) is 42.7. The molecule has 4 rings (SSSR count). The predicted molar refractivity (Wildman–Crippen MR) is 131 cm³/mol. The highest BCUT2D eigenvalue weighted by Crippen LogP contribution is 2.31. The molecular formula is C26H24N2O6S. The number of rotatable bonds is 6. The van der Waals surface area contributed by atoms with Gasteiger partial charge in [0.2, 0.25) is 0 Å². The molecule has 1 aromatic heterocycles. The van der Waals surface area contributed by atoms with Crippen LogP contribution in [0.2, 0.25) is 0 Å². The average molecular weight is 493 g/mol. The predicted octanol–water partition coefficient (Wildman–Crippen LogP) is 2.73. The Labute approximate surface area is 205 Å². The van der Waals surface area contributed by atoms with Gasteiger partial charge in [0, 0.05) is 6.92 Å². The standard InChI is InChI=1S/C26H24N2O6S/c1-5-33-20-13-17(11-12-19(20)34-16(3)29)14-21-24(30)28-23(18-9-7-6-8-10-18)22(25(31)32-4)15(2)27-26(28)35-21/h6-14,23H,5H2,1-4H3. The van der Waals surface area contributed by atoms with Crippen LogP contribution < -0.4 is 24.4 Å². The smallest absolute Gasteiger partial charge is 0.338 e. The van der Waals surface area contributed by atoms with Crippen LogP contribution in [0.15, 0.2) is 69.6 Å². The van der Waals surface area contributed by atoms with E-state index in [1.807, 2.05) is 37.3 Å². The van der Waals surface area contributed by atoms with Crippen LogP contribution in [0.3, 0.4) is 0 Å². The first-order valence-corrected chi connectivity index (χ1v) is 11.8. The number of hydrogen-bond acceptors (Lipinski definition) is 8. The number of fused-ring (bicyclic) bond motifs is 1. The molecule has 9 heteroatoms. The van der Waals surface area contributed by atoms with Gasteiger partial charge in [0.1, 0.15) is 0 Å². The van der Waals surface area contributed by atoms with E-state index in [4.69, 9.17) is 14.2 Å². The number of ether oxygens (including phenoxy) is 3. The van der Waals surface area contributed by atoms with Crippen molar-refractivity contribution in [1.29, 1.82) is 0 Å². The molecule has 0 spiro atoms. The van der Waals surface area contributed by atoms with Gasteiger partial charge in [0.15, 0.2) is 16.3 Å². The summed E-state index contributed by atoms with van der Waals surface area (Å²) >= 11 is 1.23. The van der Waals surface area contributed by atoms with Crippen molar-refractivity contribution in [3.63, 3.8) is 0 Å². The second-order valence-corrected chi connectivity index (χ2v) is 8.73. The molecule has 180 valence electrons. The number of benzene rings is 2. The lowest BCUT2D eigenvalue weighted by Crippen LogP contribution is -2.39. The van der Waals surface area contributed by atoms with Crippen LogP contribution in [0, 0.1) is 0 Å². The van der Waals surface area contributed by atoms with Crippen LogP contribution >= 0.6 is 11.3 Å². The first-order chi connectivity index (χ1) is 16.8. The zero-order chi connectivity index (χ0) is 25.1. The van der Waals surface area contributed by atoms with Crippen molar-refractivity contribution >= 4 is 29.4 Å². The Hall–Kier alpha value is -3.98. The molecule has 3 aromatic rings. The molecule has 0 saturated heterocycles. The minimum atomic E-state index is -0.660. The molecule has 1 aliphatic rings. The first kappa shape index (κ1) is 24.2. The van der Waals surface area contributed by atoms with E-state index in [1.165, 1.54) is 29.9 Å². The van der Waals surface area contributed by atoms with Gasteiger partial charge < -0.3 is 14.2 Å². The van der Waals surface area contributed by atoms with Crippen molar-refractivity contribution in [2.45, 2.75) is 26.8 Å². The van der Waals surface area contributed by atoms with Crippen molar-refractivity contribution in [3.05, 3.63) is 90.6 Å². The highest BCUT2D eigenvalue weighted by Gasteiger charge is 2.32. The second-order valence-electron chi connectivity index (χ2n) is 7.72. The van der Waals surface area contributed by atoms with Gasteiger partial charge in [-0.2, -0.15) is 0 Å². The number of esters is 2. The Morgan fingerprint density at radius 3 is 2.54 bits per heavy atom. The Kier molecular flexibility index (Phi) is 6.97. The minimum Gasteiger partial charge on any atom is -0.490 e. The van der Waals surface area contributed by atoms with Crippen molar-refractivity contribution in [2.75, 3.05) is 13.7 Å². The Morgan fingerprint density at radius 1 is 1.14 bits per heavy atom. The van der Waals surface area contributed by atoms with E-state index in [2.05, 4.69) is 4.99 Å². The van der Waals surface area contributed by atoms with Crippen LogP contribution in [0.25, 0.3) is 6.08 Å². The topological polar surface area (TPSA) is 96.2 Å². The summed E-state index contributed by atoms with van der Waals surface area (Å²) in [6, 6.07) is 13.7. The lowest BCUT2D eigenvalue weighted by Gasteiger charge is -2.24. The van der Waals surface area contributed by atoms with Gasteiger partial charge in [-0.05, 0) is 43.2 Å². The monoisotopic (exact) mass is 492 g/mol. The molecule has 0 radical (unpaired) electrons. The van der Waals surface area contributed by atoms with Gasteiger partial charge in [0.25, 0.3) is 5.56 Å². The highest BCUT2D eigenvalue weighted by molar-refractivity contribution is 7.07. The number of aromatic nitrogens is 1. The van der Waals surface area contributed by atoms with E-state index < -0.39 is 18.0 Å². The summed E-state index contributed by atoms with van der Waals surface area (Å²) in [5, 5.41) is 0. The van der Waals surface area contributed by atoms with Crippen LogP contribution in [0.1, 0.15) is 37.9 Å². The average Bonchev–Trinajstić information content (AvgIpc) is 3.14. The Bertz CT molecular complexity index is 1500. The first-order valence-electron chi connectivity index (χ1n) is 10.9. The molecule has 0 amide bonds. The quantitative estimate of drug-likeness (QED) is 0.388. The third-order valence-corrected chi connectivity index (χ3v) is 6.34. The molecule has 0 bridgehead atoms. The van der Waals surface area contributed by atoms with Crippen LogP contribution in [-0.2, 0) is 14.3 Å². The fourth-order valence-electron chi connectivity index (χ4n) is 3.92. The fourth-order valence-corrected chi connectivity index (χ4v) is 4.96. The third-order valence-electron chi connectivity index (χ3n) is 5.36. The lowest BCUT2D eigenvalue weighted by molar-refractivity contribution is -0.136. The van der Waals surface area contributed by atoms with Gasteiger partial charge in [-0.15, -0.1) is 0 Å². The molecule has 35 heavy (non-hydrogen) atoms. The molecule has 2 aromatic carbocycles. The van der Waals surface area contributed by atoms with Gasteiger partial charge >= 0.3 is 11.9 Å². The van der Waals surface area contributed by atoms with E-state index >= 15 is 0 Å². The molecule has 0 aliphatic carbocycles. The largest absolute Gasteiger partial charge is 0.490 e. The number of allylic oxidation sites excluding steroid dienone is 1. The molecule has 8 nitrogen and oxygen atoms in total. The Balaban J connectivity index is 1.88. The highest BCUT2D eigenvalue weighted by atomic mass is 32.1. The van der Waals surface area contributed by atoms with Crippen LogP contribution in [0.4, 0.5) is 0 Å². The van der Waals surface area contributed by atoms with Gasteiger partial charge in [-0.3, -0.25) is 14.2 Å². The van der Waals surface area contributed by atoms with E-state index in [0.717, 1.165) is 5.56 Å². The summed E-state index contributed by atoms with van der Waals surface area (Å²) in [6.07, 6.45) is 1.73. The lowest BCUT2D eigenvalue weighted by atomic mass is 9.96. The zero-order valence-electron chi connectivity index (χ0n) is 19.7. The fraction of sp³-hybridized carbons (Fsp3) is 0.231. The molecule has 1 unspecified atom stereocenters. The molecule has 0 N–H and O–H groups in total. The normalized spacial score (nSPS) is 15.3. The summed E-state index contributed by atoms with van der Waals surface area (Å²) in [5.41, 5.74) is 2.01. The minimum absolute atomic E-state index is 0.279. The summed E-state index contributed by atoms with van der Waals surface area (Å²) in [7, 11) is 1.31. The summed E-state index contributed by atoms with van der Waals surface area (Å²) in [6.45, 7) is 5.26. The SMILES string of the molecule is CCOc1cc(C=c2sc3n(c2=O)C(c2ccccc2)C(C(=O)OC)=C(C)N=3)ccc1OC(C)=O. The van der Waals surface area contributed by atoms with E-state index in [-0.39, 0.29) is 5.56 Å². The van der Waals surface area contributed by atoms with Crippen LogP contribution in [-0.4, -0.2) is 30.2 Å². The number of methoxy groups -OCH3 is 1. The Morgan fingerprint density at radius 2 is 1.89 bits per heavy atom. The van der Waals surface area contributed by atoms with Crippen molar-refractivity contribution < 1.29 is 23.8 Å². The molecule has 1 aliphatic heterocycles. The maximum atomic E-state index is 13.6. The maximum Gasteiger partial charge on any atom is 0.338 e.